The first-order valence-corrected chi connectivity index (χ1v) is 12.9. The number of carbonyl (C=O) groups is 1. The number of nitrogens with zero attached hydrogens (tertiary/aromatic N) is 1. The van der Waals surface area contributed by atoms with Gasteiger partial charge in [0.25, 0.3) is 5.91 Å². The number of benzene rings is 3. The van der Waals surface area contributed by atoms with Crippen molar-refractivity contribution in [3.05, 3.63) is 88.4 Å². The average Bonchev–Trinajstić information content (AvgIpc) is 2.83. The first-order valence-electron chi connectivity index (χ1n) is 11.0. The van der Waals surface area contributed by atoms with Crippen LogP contribution >= 0.6 is 11.6 Å². The normalized spacial score (nSPS) is 11.4. The van der Waals surface area contributed by atoms with E-state index in [1.807, 2.05) is 24.3 Å². The molecule has 0 saturated heterocycles. The zero-order chi connectivity index (χ0) is 24.7. The number of nitrogens with one attached hydrogen (secondary N) is 1. The van der Waals surface area contributed by atoms with Crippen molar-refractivity contribution in [3.8, 4) is 5.75 Å². The smallest absolute Gasteiger partial charge is 0.255 e. The number of methoxy groups -OCH3 is 1. The highest BCUT2D eigenvalue weighted by atomic mass is 35.5. The van der Waals surface area contributed by atoms with Gasteiger partial charge in [0.15, 0.2) is 0 Å². The molecule has 0 bridgehead atoms. The van der Waals surface area contributed by atoms with E-state index in [1.54, 1.807) is 18.2 Å². The van der Waals surface area contributed by atoms with Crippen molar-refractivity contribution in [3.63, 3.8) is 0 Å². The van der Waals surface area contributed by atoms with E-state index < -0.39 is 10.0 Å². The maximum atomic E-state index is 13.0. The molecule has 0 fully saturated rings. The quantitative estimate of drug-likeness (QED) is 0.383. The van der Waals surface area contributed by atoms with E-state index >= 15 is 0 Å². The summed E-state index contributed by atoms with van der Waals surface area (Å²) in [6, 6.07) is 18.8. The topological polar surface area (TPSA) is 75.7 Å². The molecule has 0 heterocycles. The van der Waals surface area contributed by atoms with Crippen molar-refractivity contribution in [2.24, 2.45) is 0 Å². The van der Waals surface area contributed by atoms with Crippen molar-refractivity contribution in [2.75, 3.05) is 19.5 Å². The van der Waals surface area contributed by atoms with Gasteiger partial charge in [-0.2, -0.15) is 4.31 Å². The van der Waals surface area contributed by atoms with Gasteiger partial charge in [-0.1, -0.05) is 37.1 Å². The van der Waals surface area contributed by atoms with E-state index in [0.29, 0.717) is 27.6 Å². The van der Waals surface area contributed by atoms with Crippen LogP contribution < -0.4 is 10.1 Å². The second-order valence-corrected chi connectivity index (χ2v) is 10.5. The molecule has 0 aliphatic rings. The van der Waals surface area contributed by atoms with Gasteiger partial charge < -0.3 is 10.1 Å². The Hall–Kier alpha value is -2.87. The number of unbranched alkanes of at least 4 members (excludes halogenated alkanes) is 1. The fourth-order valence-electron chi connectivity index (χ4n) is 3.49. The van der Waals surface area contributed by atoms with Crippen LogP contribution in [-0.2, 0) is 23.0 Å². The van der Waals surface area contributed by atoms with Crippen LogP contribution in [0.4, 0.5) is 5.69 Å². The van der Waals surface area contributed by atoms with E-state index in [-0.39, 0.29) is 17.3 Å². The lowest BCUT2D eigenvalue weighted by molar-refractivity contribution is 0.102. The number of ether oxygens (including phenoxy) is 1. The highest BCUT2D eigenvalue weighted by Gasteiger charge is 2.22. The monoisotopic (exact) mass is 500 g/mol. The van der Waals surface area contributed by atoms with Gasteiger partial charge >= 0.3 is 0 Å². The minimum absolute atomic E-state index is 0.0291. The van der Waals surface area contributed by atoms with Gasteiger partial charge in [0.1, 0.15) is 5.75 Å². The molecule has 8 heteroatoms. The molecule has 1 N–H and O–H groups in total. The molecule has 0 saturated carbocycles. The molecule has 0 aromatic heterocycles. The van der Waals surface area contributed by atoms with Crippen molar-refractivity contribution in [1.29, 1.82) is 0 Å². The third kappa shape index (κ3) is 6.38. The molecule has 6 nitrogen and oxygen atoms in total. The summed E-state index contributed by atoms with van der Waals surface area (Å²) in [7, 11) is -0.764. The van der Waals surface area contributed by atoms with Crippen molar-refractivity contribution >= 4 is 33.2 Å². The van der Waals surface area contributed by atoms with Crippen LogP contribution in [0.25, 0.3) is 0 Å². The number of carbonyl (C=O) groups excluding carboxylic acids is 1. The lowest BCUT2D eigenvalue weighted by Gasteiger charge is -2.19. The molecule has 0 unspecified atom stereocenters. The molecule has 3 rings (SSSR count). The van der Waals surface area contributed by atoms with E-state index in [9.17, 15) is 13.2 Å². The van der Waals surface area contributed by atoms with Gasteiger partial charge in [-0.25, -0.2) is 8.42 Å². The minimum atomic E-state index is -3.75. The van der Waals surface area contributed by atoms with Gasteiger partial charge in [0.2, 0.25) is 10.0 Å². The molecular formula is C26H29ClN2O4S. The van der Waals surface area contributed by atoms with Crippen LogP contribution in [0.5, 0.6) is 5.75 Å². The largest absolute Gasteiger partial charge is 0.496 e. The summed E-state index contributed by atoms with van der Waals surface area (Å²) in [5.41, 5.74) is 2.91. The summed E-state index contributed by atoms with van der Waals surface area (Å²) in [5.74, 6) is 0.211. The van der Waals surface area contributed by atoms with Crippen LogP contribution in [0, 0.1) is 0 Å². The lowest BCUT2D eigenvalue weighted by Crippen LogP contribution is -2.27. The fraction of sp³-hybridized carbons (Fsp3) is 0.269. The van der Waals surface area contributed by atoms with E-state index in [2.05, 4.69) is 12.2 Å². The highest BCUT2D eigenvalue weighted by Crippen LogP contribution is 2.25. The van der Waals surface area contributed by atoms with Gasteiger partial charge in [-0.15, -0.1) is 0 Å². The Morgan fingerprint density at radius 1 is 1.03 bits per heavy atom. The van der Waals surface area contributed by atoms with E-state index in [4.69, 9.17) is 16.3 Å². The van der Waals surface area contributed by atoms with Crippen LogP contribution in [-0.4, -0.2) is 32.8 Å². The van der Waals surface area contributed by atoms with Crippen LogP contribution in [0.2, 0.25) is 5.02 Å². The van der Waals surface area contributed by atoms with Crippen LogP contribution in [0.3, 0.4) is 0 Å². The number of hydrogen-bond donors (Lipinski definition) is 1. The Morgan fingerprint density at radius 3 is 2.32 bits per heavy atom. The Balaban J connectivity index is 1.77. The Bertz CT molecular complexity index is 1230. The summed E-state index contributed by atoms with van der Waals surface area (Å²) < 4.78 is 32.5. The standard InChI is InChI=1S/C26H29ClN2O4S/c1-4-5-6-19-7-12-23(13-8-19)28-26(30)20-9-16-25(33-3)21(17-20)18-29(2)34(31,32)24-14-10-22(27)11-15-24/h7-17H,4-6,18H2,1-3H3,(H,28,30). The molecule has 0 aliphatic carbocycles. The molecule has 0 aliphatic heterocycles. The second kappa shape index (κ2) is 11.5. The second-order valence-electron chi connectivity index (χ2n) is 8.00. The maximum absolute atomic E-state index is 13.0. The SMILES string of the molecule is CCCCc1ccc(NC(=O)c2ccc(OC)c(CN(C)S(=O)(=O)c3ccc(Cl)cc3)c2)cc1. The zero-order valence-corrected chi connectivity index (χ0v) is 21.1. The number of aryl methyl sites for hydroxylation is 1. The molecule has 3 aromatic carbocycles. The number of sulfonamides is 1. The Morgan fingerprint density at radius 2 is 1.71 bits per heavy atom. The summed E-state index contributed by atoms with van der Waals surface area (Å²) >= 11 is 5.88. The van der Waals surface area contributed by atoms with Gasteiger partial charge in [-0.3, -0.25) is 4.79 Å². The summed E-state index contributed by atoms with van der Waals surface area (Å²) in [5, 5.41) is 3.35. The Labute approximate surface area is 206 Å². The third-order valence-corrected chi connectivity index (χ3v) is 7.56. The zero-order valence-electron chi connectivity index (χ0n) is 19.5. The van der Waals surface area contributed by atoms with Crippen LogP contribution in [0.15, 0.2) is 71.6 Å². The average molecular weight is 501 g/mol. The van der Waals surface area contributed by atoms with Crippen molar-refractivity contribution < 1.29 is 17.9 Å². The number of hydrogen-bond acceptors (Lipinski definition) is 4. The summed E-state index contributed by atoms with van der Waals surface area (Å²) in [6.45, 7) is 2.18. The molecular weight excluding hydrogens is 472 g/mol. The number of rotatable bonds is 10. The lowest BCUT2D eigenvalue weighted by atomic mass is 10.1. The van der Waals surface area contributed by atoms with Gasteiger partial charge in [-0.05, 0) is 73.0 Å². The predicted molar refractivity (Wildman–Crippen MR) is 136 cm³/mol. The Kier molecular flexibility index (Phi) is 8.72. The van der Waals surface area contributed by atoms with E-state index in [1.165, 1.54) is 48.3 Å². The highest BCUT2D eigenvalue weighted by molar-refractivity contribution is 7.89. The van der Waals surface area contributed by atoms with E-state index in [0.717, 1.165) is 19.3 Å². The first kappa shape index (κ1) is 25.7. The molecule has 3 aromatic rings. The molecule has 0 atom stereocenters. The maximum Gasteiger partial charge on any atom is 0.255 e. The van der Waals surface area contributed by atoms with Crippen molar-refractivity contribution in [2.45, 2.75) is 37.6 Å². The van der Waals surface area contributed by atoms with Crippen LogP contribution in [0.1, 0.15) is 41.3 Å². The number of amides is 1. The van der Waals surface area contributed by atoms with Crippen molar-refractivity contribution in [1.82, 2.24) is 4.31 Å². The minimum Gasteiger partial charge on any atom is -0.496 e. The fourth-order valence-corrected chi connectivity index (χ4v) is 4.77. The first-order chi connectivity index (χ1) is 16.2. The molecule has 180 valence electrons. The van der Waals surface area contributed by atoms with Gasteiger partial charge in [0, 0.05) is 35.4 Å². The number of anilines is 1. The third-order valence-electron chi connectivity index (χ3n) is 5.49. The molecule has 0 radical (unpaired) electrons. The van der Waals surface area contributed by atoms with Gasteiger partial charge in [0.05, 0.1) is 12.0 Å². The molecule has 34 heavy (non-hydrogen) atoms. The predicted octanol–water partition coefficient (Wildman–Crippen LogP) is 5.76. The number of halogens is 1. The molecule has 1 amide bonds. The summed E-state index contributed by atoms with van der Waals surface area (Å²) in [4.78, 5) is 13.0. The molecule has 0 spiro atoms. The summed E-state index contributed by atoms with van der Waals surface area (Å²) in [6.07, 6.45) is 3.27.